The molecule has 0 aliphatic carbocycles. The van der Waals surface area contributed by atoms with Gasteiger partial charge < -0.3 is 9.47 Å². The fourth-order valence-electron chi connectivity index (χ4n) is 0.886. The number of nitrogens with one attached hydrogen (secondary N) is 1. The van der Waals surface area contributed by atoms with E-state index in [2.05, 4.69) is 14.9 Å². The molecule has 82 valence electrons. The van der Waals surface area contributed by atoms with Crippen molar-refractivity contribution >= 4 is 11.9 Å². The molecule has 6 heteroatoms. The van der Waals surface area contributed by atoms with Gasteiger partial charge in [-0.05, 0) is 0 Å². The van der Waals surface area contributed by atoms with Gasteiger partial charge in [0.25, 0.3) is 0 Å². The number of nitrogens with zero attached hydrogens (tertiary/aromatic N) is 1. The number of hydrazine groups is 1. The smallest absolute Gasteiger partial charge is 0.324 e. The van der Waals surface area contributed by atoms with Crippen molar-refractivity contribution in [2.24, 2.45) is 0 Å². The second-order valence-corrected chi connectivity index (χ2v) is 2.88. The van der Waals surface area contributed by atoms with Gasteiger partial charge in [0.1, 0.15) is 6.04 Å². The van der Waals surface area contributed by atoms with E-state index in [0.717, 1.165) is 0 Å². The van der Waals surface area contributed by atoms with Gasteiger partial charge in [0.2, 0.25) is 0 Å². The molecule has 0 heterocycles. The van der Waals surface area contributed by atoms with E-state index in [9.17, 15) is 9.59 Å². The van der Waals surface area contributed by atoms with Crippen molar-refractivity contribution in [2.45, 2.75) is 12.5 Å². The maximum atomic E-state index is 11.2. The lowest BCUT2D eigenvalue weighted by Crippen LogP contribution is -2.46. The number of carbonyl (C=O) groups is 2. The molecule has 0 bridgehead atoms. The summed E-state index contributed by atoms with van der Waals surface area (Å²) >= 11 is 0. The van der Waals surface area contributed by atoms with Crippen LogP contribution in [0.15, 0.2) is 0 Å². The normalized spacial score (nSPS) is 12.4. The summed E-state index contributed by atoms with van der Waals surface area (Å²) in [6, 6.07) is -0.706. The van der Waals surface area contributed by atoms with Crippen LogP contribution in [-0.4, -0.2) is 51.3 Å². The minimum absolute atomic E-state index is 0.0542. The van der Waals surface area contributed by atoms with Crippen LogP contribution >= 0.6 is 0 Å². The van der Waals surface area contributed by atoms with E-state index in [1.165, 1.54) is 14.2 Å². The van der Waals surface area contributed by atoms with Crippen molar-refractivity contribution in [3.05, 3.63) is 0 Å². The number of rotatable bonds is 5. The molecule has 0 aromatic rings. The third-order valence-corrected chi connectivity index (χ3v) is 1.50. The van der Waals surface area contributed by atoms with Gasteiger partial charge in [-0.2, -0.15) is 0 Å². The number of hydrogen-bond donors (Lipinski definition) is 1. The maximum Gasteiger partial charge on any atom is 0.324 e. The van der Waals surface area contributed by atoms with Crippen LogP contribution in [-0.2, 0) is 19.1 Å². The number of esters is 2. The van der Waals surface area contributed by atoms with Crippen molar-refractivity contribution in [1.82, 2.24) is 10.4 Å². The molecular formula is C8H16N2O4. The molecule has 14 heavy (non-hydrogen) atoms. The lowest BCUT2D eigenvalue weighted by molar-refractivity contribution is -0.150. The van der Waals surface area contributed by atoms with Crippen LogP contribution in [0.5, 0.6) is 0 Å². The first-order valence-corrected chi connectivity index (χ1v) is 4.09. The van der Waals surface area contributed by atoms with Gasteiger partial charge in [-0.15, -0.1) is 0 Å². The molecule has 0 amide bonds. The van der Waals surface area contributed by atoms with E-state index in [-0.39, 0.29) is 6.42 Å². The van der Waals surface area contributed by atoms with Crippen LogP contribution in [0, 0.1) is 0 Å². The second kappa shape index (κ2) is 6.33. The van der Waals surface area contributed by atoms with E-state index in [4.69, 9.17) is 0 Å². The summed E-state index contributed by atoms with van der Waals surface area (Å²) < 4.78 is 8.97. The highest BCUT2D eigenvalue weighted by Gasteiger charge is 2.23. The first-order chi connectivity index (χ1) is 6.51. The Morgan fingerprint density at radius 3 is 2.21 bits per heavy atom. The van der Waals surface area contributed by atoms with E-state index < -0.39 is 18.0 Å². The molecule has 0 rings (SSSR count). The summed E-state index contributed by atoms with van der Waals surface area (Å²) in [6.45, 7) is 0. The van der Waals surface area contributed by atoms with Gasteiger partial charge in [-0.3, -0.25) is 9.59 Å². The van der Waals surface area contributed by atoms with Gasteiger partial charge in [-0.1, -0.05) is 0 Å². The molecular weight excluding hydrogens is 188 g/mol. The molecule has 1 unspecified atom stereocenters. The molecule has 1 atom stereocenters. The zero-order valence-corrected chi connectivity index (χ0v) is 8.86. The molecule has 0 aromatic carbocycles. The topological polar surface area (TPSA) is 67.9 Å². The minimum Gasteiger partial charge on any atom is -0.469 e. The van der Waals surface area contributed by atoms with Crippen molar-refractivity contribution in [1.29, 1.82) is 0 Å². The molecule has 0 aliphatic heterocycles. The number of ether oxygens (including phenoxy) is 2. The molecule has 1 N–H and O–H groups in total. The Morgan fingerprint density at radius 1 is 1.29 bits per heavy atom. The summed E-state index contributed by atoms with van der Waals surface area (Å²) in [7, 11) is 5.97. The standard InChI is InChI=1S/C8H16N2O4/c1-10(2)9-6(8(12)14-4)5-7(11)13-3/h6,9H,5H2,1-4H3. The van der Waals surface area contributed by atoms with Crippen molar-refractivity contribution in [3.63, 3.8) is 0 Å². The molecule has 0 spiro atoms. The average Bonchev–Trinajstić information content (AvgIpc) is 2.14. The zero-order chi connectivity index (χ0) is 11.1. The minimum atomic E-state index is -0.706. The third-order valence-electron chi connectivity index (χ3n) is 1.50. The molecule has 0 aliphatic rings. The zero-order valence-electron chi connectivity index (χ0n) is 8.86. The Bertz CT molecular complexity index is 206. The van der Waals surface area contributed by atoms with Crippen molar-refractivity contribution < 1.29 is 19.1 Å². The van der Waals surface area contributed by atoms with Crippen LogP contribution in [0.3, 0.4) is 0 Å². The Balaban J connectivity index is 4.24. The first kappa shape index (κ1) is 12.9. The van der Waals surface area contributed by atoms with Crippen LogP contribution < -0.4 is 5.43 Å². The van der Waals surface area contributed by atoms with Gasteiger partial charge in [-0.25, -0.2) is 10.4 Å². The fourth-order valence-corrected chi connectivity index (χ4v) is 0.886. The molecule has 0 saturated carbocycles. The SMILES string of the molecule is COC(=O)CC(NN(C)C)C(=O)OC. The molecule has 0 fully saturated rings. The number of carbonyl (C=O) groups excluding carboxylic acids is 2. The van der Waals surface area contributed by atoms with Crippen LogP contribution in [0.1, 0.15) is 6.42 Å². The maximum absolute atomic E-state index is 11.2. The van der Waals surface area contributed by atoms with Crippen LogP contribution in [0.2, 0.25) is 0 Å². The quantitative estimate of drug-likeness (QED) is 0.465. The van der Waals surface area contributed by atoms with Crippen LogP contribution in [0.25, 0.3) is 0 Å². The lowest BCUT2D eigenvalue weighted by Gasteiger charge is -2.19. The number of hydrogen-bond acceptors (Lipinski definition) is 6. The summed E-state index contributed by atoms with van der Waals surface area (Å²) in [5.74, 6) is -0.959. The van der Waals surface area contributed by atoms with Gasteiger partial charge in [0.05, 0.1) is 20.6 Å². The Kier molecular flexibility index (Phi) is 5.82. The van der Waals surface area contributed by atoms with E-state index in [0.29, 0.717) is 0 Å². The Labute approximate surface area is 83.1 Å². The lowest BCUT2D eigenvalue weighted by atomic mass is 10.2. The molecule has 0 radical (unpaired) electrons. The van der Waals surface area contributed by atoms with Gasteiger partial charge >= 0.3 is 11.9 Å². The second-order valence-electron chi connectivity index (χ2n) is 2.88. The fraction of sp³-hybridized carbons (Fsp3) is 0.750. The van der Waals surface area contributed by atoms with Crippen molar-refractivity contribution in [3.8, 4) is 0 Å². The average molecular weight is 204 g/mol. The highest BCUT2D eigenvalue weighted by Crippen LogP contribution is 1.97. The summed E-state index contributed by atoms with van der Waals surface area (Å²) in [4.78, 5) is 22.1. The monoisotopic (exact) mass is 204 g/mol. The van der Waals surface area contributed by atoms with Crippen molar-refractivity contribution in [2.75, 3.05) is 28.3 Å². The Hall–Kier alpha value is -1.14. The molecule has 0 saturated heterocycles. The first-order valence-electron chi connectivity index (χ1n) is 4.09. The van der Waals surface area contributed by atoms with Gasteiger partial charge in [0.15, 0.2) is 0 Å². The summed E-state index contributed by atoms with van der Waals surface area (Å²) in [5, 5.41) is 1.57. The predicted molar refractivity (Wildman–Crippen MR) is 49.3 cm³/mol. The van der Waals surface area contributed by atoms with E-state index in [1.54, 1.807) is 19.1 Å². The van der Waals surface area contributed by atoms with Crippen LogP contribution in [0.4, 0.5) is 0 Å². The highest BCUT2D eigenvalue weighted by molar-refractivity contribution is 5.82. The number of methoxy groups -OCH3 is 2. The van der Waals surface area contributed by atoms with E-state index >= 15 is 0 Å². The summed E-state index contributed by atoms with van der Waals surface area (Å²) in [5.41, 5.74) is 2.75. The Morgan fingerprint density at radius 2 is 1.86 bits per heavy atom. The van der Waals surface area contributed by atoms with E-state index in [1.807, 2.05) is 0 Å². The predicted octanol–water partition coefficient (Wildman–Crippen LogP) is -0.843. The van der Waals surface area contributed by atoms with Gasteiger partial charge in [0, 0.05) is 14.1 Å². The third kappa shape index (κ3) is 4.78. The summed E-state index contributed by atoms with van der Waals surface area (Å²) in [6.07, 6.45) is -0.0542. The molecule has 0 aromatic heterocycles. The highest BCUT2D eigenvalue weighted by atomic mass is 16.5. The largest absolute Gasteiger partial charge is 0.469 e. The molecule has 6 nitrogen and oxygen atoms in total.